The Morgan fingerprint density at radius 3 is 2.45 bits per heavy atom. The number of hydrogen-bond donors (Lipinski definition) is 3. The van der Waals surface area contributed by atoms with E-state index in [1.54, 1.807) is 36.4 Å². The molecule has 0 spiro atoms. The summed E-state index contributed by atoms with van der Waals surface area (Å²) in [5.74, 6) is -0.177. The van der Waals surface area contributed by atoms with Crippen LogP contribution in [0.5, 0.6) is 5.75 Å². The molecule has 1 fully saturated rings. The Bertz CT molecular complexity index is 1450. The van der Waals surface area contributed by atoms with Crippen LogP contribution in [0.4, 0.5) is 10.5 Å². The van der Waals surface area contributed by atoms with E-state index in [4.69, 9.17) is 11.6 Å². The average Bonchev–Trinajstić information content (AvgIpc) is 3.60. The van der Waals surface area contributed by atoms with Gasteiger partial charge in [-0.15, -0.1) is 0 Å². The Hall–Kier alpha value is -4.10. The molecular formula is C30H29ClN4O3. The van der Waals surface area contributed by atoms with E-state index in [1.165, 1.54) is 10.7 Å². The van der Waals surface area contributed by atoms with Crippen molar-refractivity contribution >= 4 is 29.2 Å². The number of aromatic nitrogens is 2. The minimum atomic E-state index is -0.372. The highest BCUT2D eigenvalue weighted by Crippen LogP contribution is 2.38. The van der Waals surface area contributed by atoms with Crippen LogP contribution in [0.2, 0.25) is 5.02 Å². The van der Waals surface area contributed by atoms with Crippen molar-refractivity contribution in [1.82, 2.24) is 15.1 Å². The number of nitrogens with one attached hydrogen (secondary N) is 2. The SMILES string of the molecule is O=C(Nc1ccc(-c2cc(C3CCCC3)n(C(=O)NCCc3ccccc3)n2)c(O)c1)c1ccccc1Cl. The number of aromatic hydroxyl groups is 1. The summed E-state index contributed by atoms with van der Waals surface area (Å²) < 4.78 is 1.45. The van der Waals surface area contributed by atoms with Gasteiger partial charge in [0.2, 0.25) is 0 Å². The summed E-state index contributed by atoms with van der Waals surface area (Å²) in [6, 6.07) is 23.2. The predicted octanol–water partition coefficient (Wildman–Crippen LogP) is 6.62. The van der Waals surface area contributed by atoms with Gasteiger partial charge >= 0.3 is 6.03 Å². The Balaban J connectivity index is 1.35. The molecule has 38 heavy (non-hydrogen) atoms. The second kappa shape index (κ2) is 11.5. The molecule has 194 valence electrons. The van der Waals surface area contributed by atoms with Gasteiger partial charge < -0.3 is 15.7 Å². The first-order chi connectivity index (χ1) is 18.5. The quantitative estimate of drug-likeness (QED) is 0.251. The van der Waals surface area contributed by atoms with Crippen molar-refractivity contribution in [3.63, 3.8) is 0 Å². The molecule has 1 aliphatic carbocycles. The van der Waals surface area contributed by atoms with E-state index in [2.05, 4.69) is 15.7 Å². The lowest BCUT2D eigenvalue weighted by atomic mass is 10.0. The van der Waals surface area contributed by atoms with Gasteiger partial charge in [-0.2, -0.15) is 9.78 Å². The number of rotatable bonds is 7. The van der Waals surface area contributed by atoms with Crippen LogP contribution in [0, 0.1) is 0 Å². The van der Waals surface area contributed by atoms with Crippen LogP contribution >= 0.6 is 11.6 Å². The fraction of sp³-hybridized carbons (Fsp3) is 0.233. The van der Waals surface area contributed by atoms with Gasteiger partial charge in [0, 0.05) is 29.8 Å². The molecule has 0 atom stereocenters. The topological polar surface area (TPSA) is 96.3 Å². The van der Waals surface area contributed by atoms with Gasteiger partial charge in [-0.05, 0) is 55.2 Å². The number of nitrogens with zero attached hydrogens (tertiary/aromatic N) is 2. The van der Waals surface area contributed by atoms with Crippen molar-refractivity contribution in [2.75, 3.05) is 11.9 Å². The van der Waals surface area contributed by atoms with Crippen molar-refractivity contribution in [2.24, 2.45) is 0 Å². The number of benzene rings is 3. The standard InChI is InChI=1S/C30H29ClN4O3/c31-25-13-7-6-12-23(25)29(37)33-22-14-15-24(28(36)18-22)26-19-27(21-10-4-5-11-21)35(34-26)30(38)32-17-16-20-8-2-1-3-9-20/h1-3,6-9,12-15,18-19,21,36H,4-5,10-11,16-17H2,(H,32,38)(H,33,37). The van der Waals surface area contributed by atoms with Gasteiger partial charge in [0.15, 0.2) is 0 Å². The third-order valence-electron chi connectivity index (χ3n) is 6.89. The van der Waals surface area contributed by atoms with Crippen LogP contribution in [-0.4, -0.2) is 33.4 Å². The van der Waals surface area contributed by atoms with Crippen LogP contribution < -0.4 is 10.6 Å². The minimum absolute atomic E-state index is 0.0472. The summed E-state index contributed by atoms with van der Waals surface area (Å²) >= 11 is 6.13. The van der Waals surface area contributed by atoms with Crippen LogP contribution in [0.3, 0.4) is 0 Å². The Kier molecular flexibility index (Phi) is 7.75. The number of halogens is 1. The maximum Gasteiger partial charge on any atom is 0.342 e. The molecule has 0 saturated heterocycles. The summed E-state index contributed by atoms with van der Waals surface area (Å²) in [5, 5.41) is 21.5. The Morgan fingerprint density at radius 2 is 1.71 bits per heavy atom. The Morgan fingerprint density at radius 1 is 0.974 bits per heavy atom. The summed E-state index contributed by atoms with van der Waals surface area (Å²) in [6.45, 7) is 0.493. The molecule has 2 amide bonds. The first kappa shape index (κ1) is 25.5. The number of anilines is 1. The van der Waals surface area contributed by atoms with E-state index >= 15 is 0 Å². The highest BCUT2D eigenvalue weighted by molar-refractivity contribution is 6.34. The lowest BCUT2D eigenvalue weighted by Crippen LogP contribution is -2.32. The molecule has 4 aromatic rings. The summed E-state index contributed by atoms with van der Waals surface area (Å²) in [4.78, 5) is 25.8. The highest BCUT2D eigenvalue weighted by Gasteiger charge is 2.26. The number of phenolic OH excluding ortho intramolecular Hbond substituents is 1. The second-order valence-corrected chi connectivity index (χ2v) is 9.89. The molecular weight excluding hydrogens is 500 g/mol. The maximum atomic E-state index is 13.1. The molecule has 5 rings (SSSR count). The predicted molar refractivity (Wildman–Crippen MR) is 149 cm³/mol. The van der Waals surface area contributed by atoms with Gasteiger partial charge in [0.25, 0.3) is 5.91 Å². The van der Waals surface area contributed by atoms with E-state index in [9.17, 15) is 14.7 Å². The Labute approximate surface area is 226 Å². The molecule has 1 aliphatic rings. The molecule has 1 aromatic heterocycles. The number of phenols is 1. The first-order valence-corrected chi connectivity index (χ1v) is 13.2. The first-order valence-electron chi connectivity index (χ1n) is 12.8. The van der Waals surface area contributed by atoms with Crippen molar-refractivity contribution in [1.29, 1.82) is 0 Å². The van der Waals surface area contributed by atoms with E-state index < -0.39 is 0 Å². The highest BCUT2D eigenvalue weighted by atomic mass is 35.5. The largest absolute Gasteiger partial charge is 0.507 e. The molecule has 3 N–H and O–H groups in total. The van der Waals surface area contributed by atoms with E-state index in [0.717, 1.165) is 43.4 Å². The molecule has 7 nitrogen and oxygen atoms in total. The molecule has 0 radical (unpaired) electrons. The van der Waals surface area contributed by atoms with Crippen LogP contribution in [0.1, 0.15) is 53.2 Å². The van der Waals surface area contributed by atoms with Gasteiger partial charge in [-0.3, -0.25) is 4.79 Å². The lowest BCUT2D eigenvalue weighted by molar-refractivity contribution is 0.102. The number of hydrogen-bond acceptors (Lipinski definition) is 4. The van der Waals surface area contributed by atoms with Crippen LogP contribution in [-0.2, 0) is 6.42 Å². The summed E-state index contributed by atoms with van der Waals surface area (Å²) in [7, 11) is 0. The van der Waals surface area contributed by atoms with Gasteiger partial charge in [-0.1, -0.05) is 66.9 Å². The fourth-order valence-corrected chi connectivity index (χ4v) is 5.13. The van der Waals surface area contributed by atoms with Gasteiger partial charge in [0.05, 0.1) is 22.0 Å². The minimum Gasteiger partial charge on any atom is -0.507 e. The summed E-state index contributed by atoms with van der Waals surface area (Å²) in [6.07, 6.45) is 4.96. The molecule has 1 heterocycles. The number of carbonyl (C=O) groups is 2. The summed E-state index contributed by atoms with van der Waals surface area (Å²) in [5.41, 5.74) is 3.76. The van der Waals surface area contributed by atoms with E-state index in [1.807, 2.05) is 36.4 Å². The van der Waals surface area contributed by atoms with Crippen LogP contribution in [0.25, 0.3) is 11.3 Å². The zero-order valence-corrected chi connectivity index (χ0v) is 21.6. The van der Waals surface area contributed by atoms with Crippen LogP contribution in [0.15, 0.2) is 78.9 Å². The van der Waals surface area contributed by atoms with Gasteiger partial charge in [0.1, 0.15) is 5.75 Å². The normalized spacial score (nSPS) is 13.4. The van der Waals surface area contributed by atoms with E-state index in [-0.39, 0.29) is 23.6 Å². The van der Waals surface area contributed by atoms with Crippen molar-refractivity contribution < 1.29 is 14.7 Å². The fourth-order valence-electron chi connectivity index (χ4n) is 4.91. The smallest absolute Gasteiger partial charge is 0.342 e. The monoisotopic (exact) mass is 528 g/mol. The number of amides is 2. The van der Waals surface area contributed by atoms with Crippen molar-refractivity contribution in [2.45, 2.75) is 38.0 Å². The molecule has 1 saturated carbocycles. The van der Waals surface area contributed by atoms with Crippen molar-refractivity contribution in [3.05, 3.63) is 101 Å². The third-order valence-corrected chi connectivity index (χ3v) is 7.22. The molecule has 8 heteroatoms. The maximum absolute atomic E-state index is 13.1. The zero-order chi connectivity index (χ0) is 26.5. The van der Waals surface area contributed by atoms with Crippen molar-refractivity contribution in [3.8, 4) is 17.0 Å². The molecule has 0 unspecified atom stereocenters. The molecule has 0 bridgehead atoms. The average molecular weight is 529 g/mol. The van der Waals surface area contributed by atoms with Gasteiger partial charge in [-0.25, -0.2) is 4.79 Å². The lowest BCUT2D eigenvalue weighted by Gasteiger charge is -2.12. The second-order valence-electron chi connectivity index (χ2n) is 9.48. The number of carbonyl (C=O) groups excluding carboxylic acids is 2. The molecule has 0 aliphatic heterocycles. The van der Waals surface area contributed by atoms with E-state index in [0.29, 0.717) is 34.1 Å². The zero-order valence-electron chi connectivity index (χ0n) is 20.9. The molecule has 3 aromatic carbocycles. The third kappa shape index (κ3) is 5.73.